The van der Waals surface area contributed by atoms with E-state index in [2.05, 4.69) is 5.32 Å². The molecule has 4 aromatic rings. The van der Waals surface area contributed by atoms with Crippen LogP contribution in [0.5, 0.6) is 0 Å². The topological polar surface area (TPSA) is 110 Å². The van der Waals surface area contributed by atoms with E-state index < -0.39 is 23.5 Å². The van der Waals surface area contributed by atoms with E-state index in [1.54, 1.807) is 24.3 Å². The Hall–Kier alpha value is -3.58. The minimum absolute atomic E-state index is 0.0379. The fraction of sp³-hybridized carbons (Fsp3) is 0.345. The summed E-state index contributed by atoms with van der Waals surface area (Å²) in [7, 11) is 0. The molecule has 1 unspecified atom stereocenters. The molecule has 0 spiro atoms. The summed E-state index contributed by atoms with van der Waals surface area (Å²) in [6.45, 7) is 3.77. The zero-order valence-electron chi connectivity index (χ0n) is 20.8. The van der Waals surface area contributed by atoms with Crippen LogP contribution in [0, 0.1) is 13.8 Å². The number of hydrogen-bond donors (Lipinski definition) is 2. The molecule has 7 nitrogen and oxygen atoms in total. The number of carbonyl (C=O) groups excluding carboxylic acids is 1. The number of aryl methyl sites for hydroxylation is 4. The van der Waals surface area contributed by atoms with Gasteiger partial charge in [0.05, 0.1) is 0 Å². The normalized spacial score (nSPS) is 14.0. The van der Waals surface area contributed by atoms with E-state index in [1.165, 1.54) is 5.56 Å². The summed E-state index contributed by atoms with van der Waals surface area (Å²) >= 11 is 5.90. The molecule has 2 N–H and O–H groups in total. The van der Waals surface area contributed by atoms with Gasteiger partial charge in [0.1, 0.15) is 23.0 Å². The molecule has 192 valence electrons. The fourth-order valence-electron chi connectivity index (χ4n) is 5.27. The van der Waals surface area contributed by atoms with Crippen molar-refractivity contribution in [1.29, 1.82) is 0 Å². The third-order valence-electron chi connectivity index (χ3n) is 7.31. The van der Waals surface area contributed by atoms with Gasteiger partial charge in [0, 0.05) is 51.7 Å². The number of furan rings is 1. The molecule has 0 bridgehead atoms. The number of carbonyl (C=O) groups is 2. The molecular formula is C29H28ClNO6. The van der Waals surface area contributed by atoms with E-state index in [-0.39, 0.29) is 19.3 Å². The number of carboxylic acids is 1. The van der Waals surface area contributed by atoms with Crippen LogP contribution in [0.4, 0.5) is 0 Å². The van der Waals surface area contributed by atoms with Crippen LogP contribution >= 0.6 is 11.6 Å². The first-order chi connectivity index (χ1) is 17.7. The number of aliphatic carboxylic acids is 1. The van der Waals surface area contributed by atoms with E-state index in [0.29, 0.717) is 16.2 Å². The van der Waals surface area contributed by atoms with Crippen LogP contribution in [0.1, 0.15) is 52.8 Å². The SMILES string of the molecule is Cc1c(CCC(=O)NC(Cc2ccc(Cl)cc2)C(=O)O)c(=O)oc2c(C)c3oc4c(c3cc12)CCCC4. The van der Waals surface area contributed by atoms with E-state index in [4.69, 9.17) is 20.4 Å². The van der Waals surface area contributed by atoms with Crippen LogP contribution in [0.2, 0.25) is 5.02 Å². The number of hydrogen-bond acceptors (Lipinski definition) is 5. The maximum absolute atomic E-state index is 12.9. The van der Waals surface area contributed by atoms with Gasteiger partial charge in [-0.1, -0.05) is 23.7 Å². The number of halogens is 1. The van der Waals surface area contributed by atoms with Gasteiger partial charge in [0.25, 0.3) is 0 Å². The van der Waals surface area contributed by atoms with E-state index in [9.17, 15) is 19.5 Å². The highest BCUT2D eigenvalue weighted by molar-refractivity contribution is 6.30. The van der Waals surface area contributed by atoms with Gasteiger partial charge in [-0.05, 0) is 68.9 Å². The van der Waals surface area contributed by atoms with Crippen LogP contribution in [0.25, 0.3) is 21.9 Å². The molecule has 0 fully saturated rings. The van der Waals surface area contributed by atoms with Crippen molar-refractivity contribution in [3.8, 4) is 0 Å². The zero-order valence-corrected chi connectivity index (χ0v) is 21.5. The lowest BCUT2D eigenvalue weighted by Crippen LogP contribution is -2.42. The molecule has 1 atom stereocenters. The van der Waals surface area contributed by atoms with Crippen molar-refractivity contribution in [3.63, 3.8) is 0 Å². The first-order valence-electron chi connectivity index (χ1n) is 12.5. The maximum atomic E-state index is 12.9. The quantitative estimate of drug-likeness (QED) is 0.314. The molecule has 5 rings (SSSR count). The summed E-state index contributed by atoms with van der Waals surface area (Å²) in [6.07, 6.45) is 4.34. The van der Waals surface area contributed by atoms with Crippen molar-refractivity contribution < 1.29 is 23.5 Å². The van der Waals surface area contributed by atoms with E-state index in [1.807, 2.05) is 19.9 Å². The van der Waals surface area contributed by atoms with E-state index >= 15 is 0 Å². The molecule has 2 heterocycles. The van der Waals surface area contributed by atoms with Gasteiger partial charge in [-0.15, -0.1) is 0 Å². The summed E-state index contributed by atoms with van der Waals surface area (Å²) < 4.78 is 11.9. The summed E-state index contributed by atoms with van der Waals surface area (Å²) in [5.41, 5.74) is 4.75. The molecule has 1 aliphatic carbocycles. The monoisotopic (exact) mass is 521 g/mol. The first-order valence-corrected chi connectivity index (χ1v) is 12.9. The Kier molecular flexibility index (Phi) is 6.82. The number of amides is 1. The lowest BCUT2D eigenvalue weighted by atomic mass is 9.93. The van der Waals surface area contributed by atoms with Crippen molar-refractivity contribution in [2.24, 2.45) is 0 Å². The second kappa shape index (κ2) is 10.1. The van der Waals surface area contributed by atoms with Crippen molar-refractivity contribution in [2.45, 2.75) is 64.8 Å². The van der Waals surface area contributed by atoms with Gasteiger partial charge in [0.15, 0.2) is 0 Å². The highest BCUT2D eigenvalue weighted by Gasteiger charge is 2.24. The summed E-state index contributed by atoms with van der Waals surface area (Å²) in [5, 5.41) is 14.6. The fourth-order valence-corrected chi connectivity index (χ4v) is 5.39. The average Bonchev–Trinajstić information content (AvgIpc) is 3.25. The highest BCUT2D eigenvalue weighted by Crippen LogP contribution is 2.38. The summed E-state index contributed by atoms with van der Waals surface area (Å²) in [5.74, 6) is -0.563. The van der Waals surface area contributed by atoms with Gasteiger partial charge in [-0.2, -0.15) is 0 Å². The van der Waals surface area contributed by atoms with Crippen molar-refractivity contribution >= 4 is 45.4 Å². The maximum Gasteiger partial charge on any atom is 0.339 e. The van der Waals surface area contributed by atoms with E-state index in [0.717, 1.165) is 64.5 Å². The van der Waals surface area contributed by atoms with Crippen LogP contribution in [0.3, 0.4) is 0 Å². The zero-order chi connectivity index (χ0) is 26.3. The lowest BCUT2D eigenvalue weighted by molar-refractivity contribution is -0.141. The van der Waals surface area contributed by atoms with Crippen LogP contribution < -0.4 is 10.9 Å². The molecular weight excluding hydrogens is 494 g/mol. The Morgan fingerprint density at radius 2 is 1.73 bits per heavy atom. The van der Waals surface area contributed by atoms with Crippen LogP contribution in [-0.4, -0.2) is 23.0 Å². The lowest BCUT2D eigenvalue weighted by Gasteiger charge is -2.15. The van der Waals surface area contributed by atoms with Crippen LogP contribution in [0.15, 0.2) is 44.0 Å². The molecule has 0 radical (unpaired) electrons. The smallest absolute Gasteiger partial charge is 0.339 e. The summed E-state index contributed by atoms with van der Waals surface area (Å²) in [6, 6.07) is 7.75. The highest BCUT2D eigenvalue weighted by atomic mass is 35.5. The van der Waals surface area contributed by atoms with Crippen LogP contribution in [-0.2, 0) is 35.3 Å². The molecule has 37 heavy (non-hydrogen) atoms. The Balaban J connectivity index is 1.38. The van der Waals surface area contributed by atoms with Crippen molar-refractivity contribution in [3.05, 3.63) is 79.4 Å². The number of rotatable bonds is 7. The number of fused-ring (bicyclic) bond motifs is 4. The third-order valence-corrected chi connectivity index (χ3v) is 7.56. The molecule has 8 heteroatoms. The molecule has 0 saturated heterocycles. The first kappa shape index (κ1) is 25.1. The summed E-state index contributed by atoms with van der Waals surface area (Å²) in [4.78, 5) is 37.3. The Bertz CT molecular complexity index is 1580. The van der Waals surface area contributed by atoms with Gasteiger partial charge in [-0.3, -0.25) is 4.79 Å². The molecule has 2 aromatic carbocycles. The largest absolute Gasteiger partial charge is 0.480 e. The predicted octanol–water partition coefficient (Wildman–Crippen LogP) is 5.43. The minimum atomic E-state index is -1.13. The predicted molar refractivity (Wildman–Crippen MR) is 141 cm³/mol. The number of benzene rings is 2. The molecule has 0 saturated carbocycles. The molecule has 1 amide bonds. The van der Waals surface area contributed by atoms with Crippen molar-refractivity contribution in [1.82, 2.24) is 5.32 Å². The Morgan fingerprint density at radius 1 is 1.03 bits per heavy atom. The second-order valence-corrected chi connectivity index (χ2v) is 10.2. The van der Waals surface area contributed by atoms with Crippen molar-refractivity contribution in [2.75, 3.05) is 0 Å². The molecule has 2 aromatic heterocycles. The average molecular weight is 522 g/mol. The Labute approximate surface area is 218 Å². The standard InChI is InChI=1S/C29H28ClNO6/c1-15-19(11-12-25(32)31-23(28(33)34)13-17-7-9-18(30)10-8-17)29(35)37-26-16(2)27-22(14-21(15)26)20-5-3-4-6-24(20)36-27/h7-10,14,23H,3-6,11-13H2,1-2H3,(H,31,32)(H,33,34). The minimum Gasteiger partial charge on any atom is -0.480 e. The van der Waals surface area contributed by atoms with Gasteiger partial charge < -0.3 is 19.3 Å². The van der Waals surface area contributed by atoms with Gasteiger partial charge >= 0.3 is 11.6 Å². The number of carboxylic acid groups (broad SMARTS) is 1. The number of nitrogens with one attached hydrogen (secondary N) is 1. The second-order valence-electron chi connectivity index (χ2n) is 9.75. The van der Waals surface area contributed by atoms with Gasteiger partial charge in [-0.25, -0.2) is 9.59 Å². The van der Waals surface area contributed by atoms with Gasteiger partial charge in [0.2, 0.25) is 5.91 Å². The molecule has 0 aliphatic heterocycles. The third kappa shape index (κ3) is 4.88. The Morgan fingerprint density at radius 3 is 2.46 bits per heavy atom. The molecule has 1 aliphatic rings.